The molecule has 0 heterocycles. The van der Waals surface area contributed by atoms with Crippen molar-refractivity contribution < 1.29 is 33.3 Å². The number of methoxy groups -OCH3 is 2. The highest BCUT2D eigenvalue weighted by Gasteiger charge is 2.07. The van der Waals surface area contributed by atoms with Crippen molar-refractivity contribution in [2.24, 2.45) is 0 Å². The molecule has 1 aromatic carbocycles. The van der Waals surface area contributed by atoms with Gasteiger partial charge in [0.1, 0.15) is 18.1 Å². The Bertz CT molecular complexity index is 546. The van der Waals surface area contributed by atoms with Gasteiger partial charge in [0.05, 0.1) is 20.6 Å². The van der Waals surface area contributed by atoms with Gasteiger partial charge in [-0.1, -0.05) is 0 Å². The standard InChI is InChI=1S/C15H16O7/c1-19-11-3-5-12(6-4-11)22-15(18)9-10-21-14(17)8-7-13(16)20-2/h3-8H,9-10H2,1-2H3. The summed E-state index contributed by atoms with van der Waals surface area (Å²) < 4.78 is 19.0. The number of carbonyl (C=O) groups is 3. The predicted octanol–water partition coefficient (Wildman–Crippen LogP) is 1.26. The predicted molar refractivity (Wildman–Crippen MR) is 75.4 cm³/mol. The highest BCUT2D eigenvalue weighted by molar-refractivity contribution is 5.91. The monoisotopic (exact) mass is 308 g/mol. The van der Waals surface area contributed by atoms with E-state index >= 15 is 0 Å². The largest absolute Gasteiger partial charge is 0.497 e. The summed E-state index contributed by atoms with van der Waals surface area (Å²) in [7, 11) is 2.72. The van der Waals surface area contributed by atoms with Crippen LogP contribution >= 0.6 is 0 Å². The quantitative estimate of drug-likeness (QED) is 0.425. The van der Waals surface area contributed by atoms with Crippen molar-refractivity contribution in [2.45, 2.75) is 6.42 Å². The van der Waals surface area contributed by atoms with E-state index in [1.807, 2.05) is 0 Å². The van der Waals surface area contributed by atoms with E-state index in [2.05, 4.69) is 4.74 Å². The van der Waals surface area contributed by atoms with Crippen molar-refractivity contribution in [1.29, 1.82) is 0 Å². The molecular formula is C15H16O7. The molecule has 0 aliphatic heterocycles. The fourth-order valence-corrected chi connectivity index (χ4v) is 1.31. The molecule has 22 heavy (non-hydrogen) atoms. The first-order chi connectivity index (χ1) is 10.5. The molecule has 0 fully saturated rings. The summed E-state index contributed by atoms with van der Waals surface area (Å²) in [6, 6.07) is 6.48. The van der Waals surface area contributed by atoms with E-state index in [4.69, 9.17) is 14.2 Å². The molecular weight excluding hydrogens is 292 g/mol. The topological polar surface area (TPSA) is 88.1 Å². The van der Waals surface area contributed by atoms with Gasteiger partial charge in [0, 0.05) is 12.2 Å². The lowest BCUT2D eigenvalue weighted by molar-refractivity contribution is -0.142. The summed E-state index contributed by atoms with van der Waals surface area (Å²) in [6.07, 6.45) is 1.74. The Labute approximate surface area is 127 Å². The molecule has 0 saturated carbocycles. The molecule has 0 aliphatic rings. The van der Waals surface area contributed by atoms with Gasteiger partial charge in [0.2, 0.25) is 0 Å². The smallest absolute Gasteiger partial charge is 0.331 e. The van der Waals surface area contributed by atoms with E-state index in [9.17, 15) is 14.4 Å². The first-order valence-electron chi connectivity index (χ1n) is 6.32. The number of benzene rings is 1. The normalized spacial score (nSPS) is 10.1. The Morgan fingerprint density at radius 1 is 0.955 bits per heavy atom. The highest BCUT2D eigenvalue weighted by atomic mass is 16.6. The van der Waals surface area contributed by atoms with E-state index < -0.39 is 17.9 Å². The van der Waals surface area contributed by atoms with Crippen LogP contribution in [0.1, 0.15) is 6.42 Å². The number of esters is 3. The van der Waals surface area contributed by atoms with Gasteiger partial charge < -0.3 is 18.9 Å². The van der Waals surface area contributed by atoms with Crippen molar-refractivity contribution in [3.05, 3.63) is 36.4 Å². The van der Waals surface area contributed by atoms with E-state index in [0.29, 0.717) is 11.5 Å². The summed E-state index contributed by atoms with van der Waals surface area (Å²) in [5, 5.41) is 0. The molecule has 0 amide bonds. The van der Waals surface area contributed by atoms with Crippen LogP contribution in [0, 0.1) is 0 Å². The molecule has 7 heteroatoms. The fraction of sp³-hybridized carbons (Fsp3) is 0.267. The van der Waals surface area contributed by atoms with E-state index in [-0.39, 0.29) is 13.0 Å². The molecule has 118 valence electrons. The Balaban J connectivity index is 2.29. The van der Waals surface area contributed by atoms with Crippen LogP contribution in [0.5, 0.6) is 11.5 Å². The third-order valence-corrected chi connectivity index (χ3v) is 2.40. The van der Waals surface area contributed by atoms with Crippen LogP contribution in [-0.2, 0) is 23.9 Å². The van der Waals surface area contributed by atoms with Crippen LogP contribution in [-0.4, -0.2) is 38.7 Å². The van der Waals surface area contributed by atoms with Crippen LogP contribution in [0.2, 0.25) is 0 Å². The molecule has 0 unspecified atom stereocenters. The van der Waals surface area contributed by atoms with Gasteiger partial charge in [0.15, 0.2) is 0 Å². The van der Waals surface area contributed by atoms with E-state index in [0.717, 1.165) is 12.2 Å². The number of hydrogen-bond donors (Lipinski definition) is 0. The molecule has 0 bridgehead atoms. The third kappa shape index (κ3) is 6.56. The molecule has 7 nitrogen and oxygen atoms in total. The number of ether oxygens (including phenoxy) is 4. The second-order valence-electron chi connectivity index (χ2n) is 3.92. The Morgan fingerprint density at radius 3 is 2.14 bits per heavy atom. The molecule has 0 N–H and O–H groups in total. The minimum atomic E-state index is -0.748. The summed E-state index contributed by atoms with van der Waals surface area (Å²) >= 11 is 0. The van der Waals surface area contributed by atoms with Crippen molar-refractivity contribution in [3.8, 4) is 11.5 Å². The van der Waals surface area contributed by atoms with Gasteiger partial charge in [-0.15, -0.1) is 0 Å². The fourth-order valence-electron chi connectivity index (χ4n) is 1.31. The van der Waals surface area contributed by atoms with Gasteiger partial charge >= 0.3 is 17.9 Å². The van der Waals surface area contributed by atoms with Crippen LogP contribution in [0.15, 0.2) is 36.4 Å². The van der Waals surface area contributed by atoms with Crippen molar-refractivity contribution in [3.63, 3.8) is 0 Å². The molecule has 0 aliphatic carbocycles. The lowest BCUT2D eigenvalue weighted by Crippen LogP contribution is -2.13. The minimum absolute atomic E-state index is 0.107. The summed E-state index contributed by atoms with van der Waals surface area (Å²) in [5.74, 6) is -0.956. The third-order valence-electron chi connectivity index (χ3n) is 2.40. The number of hydrogen-bond acceptors (Lipinski definition) is 7. The molecule has 0 spiro atoms. The summed E-state index contributed by atoms with van der Waals surface area (Å²) in [5.41, 5.74) is 0. The first-order valence-corrected chi connectivity index (χ1v) is 6.32. The SMILES string of the molecule is COC(=O)C=CC(=O)OCCC(=O)Oc1ccc(OC)cc1. The highest BCUT2D eigenvalue weighted by Crippen LogP contribution is 2.17. The van der Waals surface area contributed by atoms with Gasteiger partial charge in [-0.25, -0.2) is 9.59 Å². The summed E-state index contributed by atoms with van der Waals surface area (Å²) in [4.78, 5) is 33.5. The van der Waals surface area contributed by atoms with Gasteiger partial charge in [-0.3, -0.25) is 4.79 Å². The lowest BCUT2D eigenvalue weighted by atomic mass is 10.3. The molecule has 0 aromatic heterocycles. The lowest BCUT2D eigenvalue weighted by Gasteiger charge is -2.05. The zero-order chi connectivity index (χ0) is 16.4. The van der Waals surface area contributed by atoms with Crippen LogP contribution in [0.25, 0.3) is 0 Å². The van der Waals surface area contributed by atoms with Crippen molar-refractivity contribution in [1.82, 2.24) is 0 Å². The zero-order valence-electron chi connectivity index (χ0n) is 12.2. The van der Waals surface area contributed by atoms with Gasteiger partial charge in [-0.2, -0.15) is 0 Å². The number of carbonyl (C=O) groups excluding carboxylic acids is 3. The molecule has 0 atom stereocenters. The Kier molecular flexibility index (Phi) is 7.18. The van der Waals surface area contributed by atoms with Gasteiger partial charge in [0.25, 0.3) is 0 Å². The molecule has 0 radical (unpaired) electrons. The zero-order valence-corrected chi connectivity index (χ0v) is 12.2. The second kappa shape index (κ2) is 9.17. The Morgan fingerprint density at radius 2 is 1.55 bits per heavy atom. The van der Waals surface area contributed by atoms with E-state index in [1.165, 1.54) is 14.2 Å². The molecule has 0 saturated heterocycles. The average molecular weight is 308 g/mol. The molecule has 1 aromatic rings. The minimum Gasteiger partial charge on any atom is -0.497 e. The molecule has 1 rings (SSSR count). The second-order valence-corrected chi connectivity index (χ2v) is 3.92. The first kappa shape index (κ1) is 17.2. The maximum atomic E-state index is 11.5. The van der Waals surface area contributed by atoms with Crippen molar-refractivity contribution in [2.75, 3.05) is 20.8 Å². The van der Waals surface area contributed by atoms with Crippen LogP contribution in [0.4, 0.5) is 0 Å². The maximum Gasteiger partial charge on any atom is 0.331 e. The van der Waals surface area contributed by atoms with Crippen LogP contribution in [0.3, 0.4) is 0 Å². The van der Waals surface area contributed by atoms with Crippen molar-refractivity contribution >= 4 is 17.9 Å². The maximum absolute atomic E-state index is 11.5. The van der Waals surface area contributed by atoms with Gasteiger partial charge in [-0.05, 0) is 24.3 Å². The van der Waals surface area contributed by atoms with Crippen LogP contribution < -0.4 is 9.47 Å². The summed E-state index contributed by atoms with van der Waals surface area (Å²) in [6.45, 7) is -0.153. The average Bonchev–Trinajstić information content (AvgIpc) is 2.53. The van der Waals surface area contributed by atoms with E-state index in [1.54, 1.807) is 24.3 Å². The number of rotatable bonds is 7. The Hall–Kier alpha value is -2.83.